The lowest BCUT2D eigenvalue weighted by molar-refractivity contribution is 0.367. The minimum atomic E-state index is 0.559. The van der Waals surface area contributed by atoms with Crippen molar-refractivity contribution < 1.29 is 0 Å². The van der Waals surface area contributed by atoms with Gasteiger partial charge in [0, 0.05) is 18.8 Å². The molecule has 0 spiro atoms. The number of anilines is 2. The normalized spacial score (nSPS) is 10.8. The minimum Gasteiger partial charge on any atom is -0.399 e. The number of nitrogens with two attached hydrogens (primary N) is 1. The Morgan fingerprint density at radius 3 is 2.38 bits per heavy atom. The standard InChI is InChI=1S/C11H17Cl2N3/c1-3-16(2)5-4-15-11-9(12)6-8(14)7-10(11)13/h6-7,15H,3-5,14H2,1-2H3. The summed E-state index contributed by atoms with van der Waals surface area (Å²) in [4.78, 5) is 2.20. The average molecular weight is 262 g/mol. The van der Waals surface area contributed by atoms with E-state index in [0.29, 0.717) is 15.7 Å². The third kappa shape index (κ3) is 3.74. The summed E-state index contributed by atoms with van der Waals surface area (Å²) in [5.41, 5.74) is 6.95. The molecule has 1 aromatic rings. The van der Waals surface area contributed by atoms with Gasteiger partial charge < -0.3 is 16.0 Å². The van der Waals surface area contributed by atoms with E-state index in [4.69, 9.17) is 28.9 Å². The Labute approximate surface area is 107 Å². The van der Waals surface area contributed by atoms with Crippen molar-refractivity contribution in [2.24, 2.45) is 0 Å². The lowest BCUT2D eigenvalue weighted by Crippen LogP contribution is -2.24. The third-order valence-electron chi connectivity index (χ3n) is 2.40. The van der Waals surface area contributed by atoms with Gasteiger partial charge in [-0.05, 0) is 25.7 Å². The summed E-state index contributed by atoms with van der Waals surface area (Å²) in [6.45, 7) is 4.87. The second kappa shape index (κ2) is 6.18. The highest BCUT2D eigenvalue weighted by molar-refractivity contribution is 6.39. The Morgan fingerprint density at radius 2 is 1.88 bits per heavy atom. The van der Waals surface area contributed by atoms with Gasteiger partial charge in [-0.1, -0.05) is 30.1 Å². The fourth-order valence-electron chi connectivity index (χ4n) is 1.29. The molecule has 16 heavy (non-hydrogen) atoms. The number of hydrogen-bond donors (Lipinski definition) is 2. The van der Waals surface area contributed by atoms with E-state index in [1.54, 1.807) is 12.1 Å². The van der Waals surface area contributed by atoms with Crippen LogP contribution in [0.4, 0.5) is 11.4 Å². The maximum atomic E-state index is 6.04. The van der Waals surface area contributed by atoms with Crippen LogP contribution in [0.2, 0.25) is 10.0 Å². The number of halogens is 2. The van der Waals surface area contributed by atoms with E-state index in [-0.39, 0.29) is 0 Å². The number of benzene rings is 1. The molecular weight excluding hydrogens is 245 g/mol. The Hall–Kier alpha value is -0.640. The molecule has 0 aromatic heterocycles. The summed E-state index contributed by atoms with van der Waals surface area (Å²) in [6, 6.07) is 3.39. The molecule has 3 N–H and O–H groups in total. The number of nitrogens with zero attached hydrogens (tertiary/aromatic N) is 1. The first-order chi connectivity index (χ1) is 7.54. The number of nitrogens with one attached hydrogen (secondary N) is 1. The van der Waals surface area contributed by atoms with Crippen molar-refractivity contribution in [1.82, 2.24) is 4.90 Å². The molecule has 0 fully saturated rings. The van der Waals surface area contributed by atoms with Crippen molar-refractivity contribution in [2.45, 2.75) is 6.92 Å². The monoisotopic (exact) mass is 261 g/mol. The third-order valence-corrected chi connectivity index (χ3v) is 3.00. The van der Waals surface area contributed by atoms with Gasteiger partial charge >= 0.3 is 0 Å². The maximum absolute atomic E-state index is 6.04. The summed E-state index contributed by atoms with van der Waals surface area (Å²) < 4.78 is 0. The lowest BCUT2D eigenvalue weighted by Gasteiger charge is -2.16. The highest BCUT2D eigenvalue weighted by Gasteiger charge is 2.06. The molecule has 0 aliphatic heterocycles. The molecule has 5 heteroatoms. The molecular formula is C11H17Cl2N3. The molecule has 0 aliphatic rings. The zero-order valence-corrected chi connectivity index (χ0v) is 11.1. The van der Waals surface area contributed by atoms with E-state index in [2.05, 4.69) is 24.2 Å². The molecule has 0 bridgehead atoms. The molecule has 90 valence electrons. The smallest absolute Gasteiger partial charge is 0.0720 e. The first-order valence-corrected chi connectivity index (χ1v) is 5.97. The van der Waals surface area contributed by atoms with E-state index in [1.807, 2.05) is 0 Å². The molecule has 0 aliphatic carbocycles. The summed E-state index contributed by atoms with van der Waals surface area (Å²) >= 11 is 12.1. The van der Waals surface area contributed by atoms with Crippen LogP contribution in [0, 0.1) is 0 Å². The molecule has 0 amide bonds. The van der Waals surface area contributed by atoms with Gasteiger partial charge in [0.15, 0.2) is 0 Å². The highest BCUT2D eigenvalue weighted by Crippen LogP contribution is 2.32. The molecule has 0 atom stereocenters. The summed E-state index contributed by atoms with van der Waals surface area (Å²) in [5, 5.41) is 4.33. The van der Waals surface area contributed by atoms with E-state index in [1.165, 1.54) is 0 Å². The molecule has 0 saturated heterocycles. The quantitative estimate of drug-likeness (QED) is 0.801. The van der Waals surface area contributed by atoms with Crippen LogP contribution in [-0.2, 0) is 0 Å². The van der Waals surface area contributed by atoms with Gasteiger partial charge in [-0.3, -0.25) is 0 Å². The largest absolute Gasteiger partial charge is 0.399 e. The second-order valence-corrected chi connectivity index (χ2v) is 4.50. The van der Waals surface area contributed by atoms with Crippen molar-refractivity contribution in [1.29, 1.82) is 0 Å². The van der Waals surface area contributed by atoms with Crippen LogP contribution in [0.3, 0.4) is 0 Å². The molecule has 1 aromatic carbocycles. The zero-order valence-electron chi connectivity index (χ0n) is 9.56. The van der Waals surface area contributed by atoms with Crippen molar-refractivity contribution >= 4 is 34.6 Å². The molecule has 3 nitrogen and oxygen atoms in total. The van der Waals surface area contributed by atoms with Crippen LogP contribution in [0.25, 0.3) is 0 Å². The van der Waals surface area contributed by atoms with Gasteiger partial charge in [0.05, 0.1) is 15.7 Å². The Morgan fingerprint density at radius 1 is 1.31 bits per heavy atom. The Kier molecular flexibility index (Phi) is 5.19. The molecule has 0 heterocycles. The molecule has 0 unspecified atom stereocenters. The first-order valence-electron chi connectivity index (χ1n) is 5.21. The van der Waals surface area contributed by atoms with Crippen molar-refractivity contribution in [3.63, 3.8) is 0 Å². The van der Waals surface area contributed by atoms with Gasteiger partial charge in [-0.15, -0.1) is 0 Å². The van der Waals surface area contributed by atoms with Crippen LogP contribution in [0.5, 0.6) is 0 Å². The van der Waals surface area contributed by atoms with E-state index in [9.17, 15) is 0 Å². The van der Waals surface area contributed by atoms with Crippen molar-refractivity contribution in [3.8, 4) is 0 Å². The van der Waals surface area contributed by atoms with Crippen LogP contribution in [0.1, 0.15) is 6.92 Å². The van der Waals surface area contributed by atoms with Crippen molar-refractivity contribution in [3.05, 3.63) is 22.2 Å². The zero-order chi connectivity index (χ0) is 12.1. The van der Waals surface area contributed by atoms with Crippen LogP contribution >= 0.6 is 23.2 Å². The van der Waals surface area contributed by atoms with E-state index in [0.717, 1.165) is 25.3 Å². The Bertz CT molecular complexity index is 332. The van der Waals surface area contributed by atoms with E-state index < -0.39 is 0 Å². The van der Waals surface area contributed by atoms with Gasteiger partial charge in [-0.25, -0.2) is 0 Å². The van der Waals surface area contributed by atoms with Crippen LogP contribution < -0.4 is 11.1 Å². The average Bonchev–Trinajstić information content (AvgIpc) is 2.21. The van der Waals surface area contributed by atoms with E-state index >= 15 is 0 Å². The summed E-state index contributed by atoms with van der Waals surface area (Å²) in [6.07, 6.45) is 0. The Balaban J connectivity index is 2.60. The van der Waals surface area contributed by atoms with Crippen LogP contribution in [-0.4, -0.2) is 31.6 Å². The lowest BCUT2D eigenvalue weighted by atomic mass is 10.3. The molecule has 0 radical (unpaired) electrons. The number of hydrogen-bond acceptors (Lipinski definition) is 3. The van der Waals surface area contributed by atoms with Gasteiger partial charge in [0.25, 0.3) is 0 Å². The van der Waals surface area contributed by atoms with Gasteiger partial charge in [0.1, 0.15) is 0 Å². The fourth-order valence-corrected chi connectivity index (χ4v) is 1.93. The predicted octanol–water partition coefficient (Wildman–Crippen LogP) is 2.94. The topological polar surface area (TPSA) is 41.3 Å². The number of likely N-dealkylation sites (N-methyl/N-ethyl adjacent to an activating group) is 1. The minimum absolute atomic E-state index is 0.559. The molecule has 0 saturated carbocycles. The van der Waals surface area contributed by atoms with Gasteiger partial charge in [0.2, 0.25) is 0 Å². The number of rotatable bonds is 5. The number of nitrogen functional groups attached to an aromatic ring is 1. The highest BCUT2D eigenvalue weighted by atomic mass is 35.5. The molecule has 1 rings (SSSR count). The summed E-state index contributed by atoms with van der Waals surface area (Å²) in [5.74, 6) is 0. The SMILES string of the molecule is CCN(C)CCNc1c(Cl)cc(N)cc1Cl. The fraction of sp³-hybridized carbons (Fsp3) is 0.455. The second-order valence-electron chi connectivity index (χ2n) is 3.68. The first kappa shape index (κ1) is 13.4. The van der Waals surface area contributed by atoms with Crippen molar-refractivity contribution in [2.75, 3.05) is 37.7 Å². The maximum Gasteiger partial charge on any atom is 0.0720 e. The predicted molar refractivity (Wildman–Crippen MR) is 72.5 cm³/mol. The summed E-state index contributed by atoms with van der Waals surface area (Å²) in [7, 11) is 2.06. The van der Waals surface area contributed by atoms with Crippen LogP contribution in [0.15, 0.2) is 12.1 Å². The van der Waals surface area contributed by atoms with Gasteiger partial charge in [-0.2, -0.15) is 0 Å².